The van der Waals surface area contributed by atoms with Crippen LogP contribution in [0.2, 0.25) is 5.02 Å². The SMILES string of the molecule is COc1cc2ncc(C#N)c(Nc3ccc(N(C(=O)OC(C)(C)C)C(=O)OC(C)(C)C)c(Cl)c3)c2cc1N. The van der Waals surface area contributed by atoms with E-state index in [1.54, 1.807) is 59.7 Å². The zero-order valence-electron chi connectivity index (χ0n) is 22.3. The molecule has 0 radical (unpaired) electrons. The van der Waals surface area contributed by atoms with Crippen molar-refractivity contribution in [2.75, 3.05) is 23.1 Å². The number of rotatable bonds is 4. The Balaban J connectivity index is 2.05. The van der Waals surface area contributed by atoms with Gasteiger partial charge in [0.15, 0.2) is 0 Å². The van der Waals surface area contributed by atoms with E-state index in [-0.39, 0.29) is 16.3 Å². The third-order valence-electron chi connectivity index (χ3n) is 4.95. The summed E-state index contributed by atoms with van der Waals surface area (Å²) in [5.74, 6) is 0.456. The quantitative estimate of drug-likeness (QED) is 0.343. The lowest BCUT2D eigenvalue weighted by atomic mass is 10.1. The molecular weight excluding hydrogens is 510 g/mol. The second-order valence-electron chi connectivity index (χ2n) is 10.4. The number of nitriles is 1. The lowest BCUT2D eigenvalue weighted by Gasteiger charge is -2.29. The van der Waals surface area contributed by atoms with Gasteiger partial charge in [0.2, 0.25) is 0 Å². The average Bonchev–Trinajstić information content (AvgIpc) is 2.78. The summed E-state index contributed by atoms with van der Waals surface area (Å²) in [4.78, 5) is 31.1. The fourth-order valence-electron chi connectivity index (χ4n) is 3.43. The number of nitrogen functional groups attached to an aromatic ring is 1. The molecule has 10 nitrogen and oxygen atoms in total. The van der Waals surface area contributed by atoms with Crippen molar-refractivity contribution in [1.82, 2.24) is 4.98 Å². The van der Waals surface area contributed by atoms with Crippen LogP contribution >= 0.6 is 11.6 Å². The minimum atomic E-state index is -0.939. The van der Waals surface area contributed by atoms with E-state index in [0.29, 0.717) is 33.7 Å². The molecule has 3 rings (SSSR count). The molecule has 0 spiro atoms. The van der Waals surface area contributed by atoms with E-state index < -0.39 is 23.4 Å². The number of hydrogen-bond acceptors (Lipinski definition) is 9. The van der Waals surface area contributed by atoms with Crippen LogP contribution in [0.5, 0.6) is 5.75 Å². The molecule has 1 aromatic heterocycles. The first-order valence-corrected chi connectivity index (χ1v) is 12.0. The number of pyridine rings is 1. The van der Waals surface area contributed by atoms with Crippen molar-refractivity contribution in [1.29, 1.82) is 5.26 Å². The summed E-state index contributed by atoms with van der Waals surface area (Å²) in [6.07, 6.45) is -0.445. The molecule has 0 saturated carbocycles. The van der Waals surface area contributed by atoms with Gasteiger partial charge in [-0.1, -0.05) is 11.6 Å². The molecule has 3 aromatic rings. The number of fused-ring (bicyclic) bond motifs is 1. The largest absolute Gasteiger partial charge is 0.495 e. The van der Waals surface area contributed by atoms with Gasteiger partial charge in [-0.05, 0) is 65.8 Å². The van der Waals surface area contributed by atoms with Gasteiger partial charge in [0, 0.05) is 23.3 Å². The van der Waals surface area contributed by atoms with Crippen LogP contribution in [0.4, 0.5) is 32.3 Å². The highest BCUT2D eigenvalue weighted by molar-refractivity contribution is 6.35. The topological polar surface area (TPSA) is 140 Å². The van der Waals surface area contributed by atoms with Crippen molar-refractivity contribution in [3.05, 3.63) is 47.1 Å². The standard InChI is InChI=1S/C27H30ClN5O5/c1-26(2,3)37-24(34)33(25(35)38-27(4,5)6)21-9-8-16(10-18(21)28)32-23-15(13-29)14-31-20-12-22(36-7)19(30)11-17(20)23/h8-12,14H,30H2,1-7H3,(H,31,32). The number of nitrogens with zero attached hydrogens (tertiary/aromatic N) is 3. The van der Waals surface area contributed by atoms with Crippen LogP contribution in [0.1, 0.15) is 47.1 Å². The molecule has 0 atom stereocenters. The first-order chi connectivity index (χ1) is 17.6. The number of aromatic nitrogens is 1. The number of ether oxygens (including phenoxy) is 3. The van der Waals surface area contributed by atoms with Gasteiger partial charge in [-0.25, -0.2) is 9.59 Å². The van der Waals surface area contributed by atoms with Gasteiger partial charge in [0.1, 0.15) is 23.0 Å². The summed E-state index contributed by atoms with van der Waals surface area (Å²) in [6, 6.07) is 10.0. The number of hydrogen-bond donors (Lipinski definition) is 2. The summed E-state index contributed by atoms with van der Waals surface area (Å²) in [7, 11) is 1.50. The van der Waals surface area contributed by atoms with E-state index in [9.17, 15) is 14.9 Å². The van der Waals surface area contributed by atoms with E-state index >= 15 is 0 Å². The Morgan fingerprint density at radius 3 is 2.16 bits per heavy atom. The monoisotopic (exact) mass is 539 g/mol. The average molecular weight is 540 g/mol. The molecule has 0 fully saturated rings. The Labute approximate surface area is 226 Å². The second kappa shape index (κ2) is 10.6. The molecule has 0 bridgehead atoms. The van der Waals surface area contributed by atoms with Gasteiger partial charge in [0.05, 0.1) is 40.3 Å². The molecule has 3 N–H and O–H groups in total. The van der Waals surface area contributed by atoms with E-state index in [4.69, 9.17) is 31.5 Å². The Kier molecular flexibility index (Phi) is 7.93. The van der Waals surface area contributed by atoms with Crippen LogP contribution in [-0.4, -0.2) is 35.5 Å². The van der Waals surface area contributed by atoms with E-state index in [1.807, 2.05) is 0 Å². The normalized spacial score (nSPS) is 11.4. The number of carbonyl (C=O) groups excluding carboxylic acids is 2. The Bertz CT molecular complexity index is 1410. The number of anilines is 4. The maximum atomic E-state index is 13.0. The van der Waals surface area contributed by atoms with Gasteiger partial charge < -0.3 is 25.3 Å². The lowest BCUT2D eigenvalue weighted by Crippen LogP contribution is -2.44. The highest BCUT2D eigenvalue weighted by Crippen LogP contribution is 2.37. The third kappa shape index (κ3) is 6.55. The van der Waals surface area contributed by atoms with Gasteiger partial charge in [0.25, 0.3) is 0 Å². The number of amides is 2. The molecule has 2 aromatic carbocycles. The molecule has 0 aliphatic heterocycles. The second-order valence-corrected chi connectivity index (χ2v) is 10.8. The number of nitrogens with two attached hydrogens (primary N) is 1. The predicted molar refractivity (Wildman–Crippen MR) is 147 cm³/mol. The minimum Gasteiger partial charge on any atom is -0.495 e. The first-order valence-electron chi connectivity index (χ1n) is 11.6. The van der Waals surface area contributed by atoms with Crippen molar-refractivity contribution in [3.8, 4) is 11.8 Å². The van der Waals surface area contributed by atoms with Crippen molar-refractivity contribution in [2.24, 2.45) is 0 Å². The summed E-state index contributed by atoms with van der Waals surface area (Å²) < 4.78 is 16.1. The number of benzene rings is 2. The van der Waals surface area contributed by atoms with Crippen LogP contribution in [0.25, 0.3) is 10.9 Å². The van der Waals surface area contributed by atoms with Crippen LogP contribution in [0.15, 0.2) is 36.5 Å². The van der Waals surface area contributed by atoms with Crippen molar-refractivity contribution < 1.29 is 23.8 Å². The number of halogens is 1. The van der Waals surface area contributed by atoms with Crippen molar-refractivity contribution in [3.63, 3.8) is 0 Å². The third-order valence-corrected chi connectivity index (χ3v) is 5.25. The van der Waals surface area contributed by atoms with Crippen LogP contribution < -0.4 is 20.7 Å². The zero-order valence-corrected chi connectivity index (χ0v) is 23.1. The molecule has 2 amide bonds. The zero-order chi connectivity index (χ0) is 28.4. The van der Waals surface area contributed by atoms with E-state index in [0.717, 1.165) is 4.90 Å². The fourth-order valence-corrected chi connectivity index (χ4v) is 3.69. The maximum Gasteiger partial charge on any atom is 0.424 e. The van der Waals surface area contributed by atoms with Crippen molar-refractivity contribution in [2.45, 2.75) is 52.7 Å². The minimum absolute atomic E-state index is 0.0600. The highest BCUT2D eigenvalue weighted by Gasteiger charge is 2.34. The lowest BCUT2D eigenvalue weighted by molar-refractivity contribution is 0.0430. The van der Waals surface area contributed by atoms with Crippen molar-refractivity contribution >= 4 is 57.4 Å². The number of carbonyl (C=O) groups is 2. The molecule has 0 unspecified atom stereocenters. The molecule has 11 heteroatoms. The van der Waals surface area contributed by atoms with Crippen LogP contribution in [0, 0.1) is 11.3 Å². The molecular formula is C27H30ClN5O5. The van der Waals surface area contributed by atoms with Gasteiger partial charge in [-0.2, -0.15) is 10.2 Å². The smallest absolute Gasteiger partial charge is 0.424 e. The summed E-state index contributed by atoms with van der Waals surface area (Å²) in [6.45, 7) is 10.1. The molecule has 38 heavy (non-hydrogen) atoms. The Morgan fingerprint density at radius 2 is 1.66 bits per heavy atom. The van der Waals surface area contributed by atoms with Gasteiger partial charge in [-0.15, -0.1) is 0 Å². The maximum absolute atomic E-state index is 13.0. The Hall–Kier alpha value is -4.23. The molecule has 0 aliphatic rings. The predicted octanol–water partition coefficient (Wildman–Crippen LogP) is 6.77. The van der Waals surface area contributed by atoms with Crippen LogP contribution in [-0.2, 0) is 9.47 Å². The number of nitrogens with one attached hydrogen (secondary N) is 1. The van der Waals surface area contributed by atoms with Crippen LogP contribution in [0.3, 0.4) is 0 Å². The fraction of sp³-hybridized carbons (Fsp3) is 0.333. The summed E-state index contributed by atoms with van der Waals surface area (Å²) in [5, 5.41) is 13.5. The Morgan fingerprint density at radius 1 is 1.05 bits per heavy atom. The van der Waals surface area contributed by atoms with E-state index in [2.05, 4.69) is 16.4 Å². The summed E-state index contributed by atoms with van der Waals surface area (Å²) >= 11 is 6.57. The number of imide groups is 1. The summed E-state index contributed by atoms with van der Waals surface area (Å²) in [5.41, 5.74) is 6.55. The molecule has 200 valence electrons. The van der Waals surface area contributed by atoms with Gasteiger partial charge >= 0.3 is 12.2 Å². The molecule has 1 heterocycles. The van der Waals surface area contributed by atoms with Gasteiger partial charge in [-0.3, -0.25) is 4.98 Å². The number of methoxy groups -OCH3 is 1. The molecule has 0 saturated heterocycles. The first kappa shape index (κ1) is 28.3. The van der Waals surface area contributed by atoms with E-state index in [1.165, 1.54) is 25.4 Å². The highest BCUT2D eigenvalue weighted by atomic mass is 35.5. The molecule has 0 aliphatic carbocycles.